The molecule has 0 aliphatic heterocycles. The number of fused-ring (bicyclic) bond motifs is 2. The van der Waals surface area contributed by atoms with Crippen LogP contribution in [0, 0.1) is 16.7 Å². The molecule has 76 valence electrons. The van der Waals surface area contributed by atoms with E-state index in [9.17, 15) is 5.11 Å². The predicted molar refractivity (Wildman–Crippen MR) is 53.2 cm³/mol. The van der Waals surface area contributed by atoms with Crippen LogP contribution in [0.1, 0.15) is 40.0 Å². The minimum absolute atomic E-state index is 0.0150. The molecule has 0 aromatic carbocycles. The van der Waals surface area contributed by atoms with Crippen LogP contribution in [0.15, 0.2) is 0 Å². The Kier molecular flexibility index (Phi) is 1.67. The van der Waals surface area contributed by atoms with Gasteiger partial charge in [0.25, 0.3) is 0 Å². The highest BCUT2D eigenvalue weighted by atomic mass is 16.3. The lowest BCUT2D eigenvalue weighted by molar-refractivity contribution is -0.131. The van der Waals surface area contributed by atoms with Crippen molar-refractivity contribution in [1.29, 1.82) is 0 Å². The molecule has 2 saturated carbocycles. The number of hydrogen-bond acceptors (Lipinski definition) is 2. The Bertz CT molecular complexity index is 234. The van der Waals surface area contributed by atoms with E-state index in [2.05, 4.69) is 13.8 Å². The molecule has 0 aromatic heterocycles. The molecule has 0 amide bonds. The highest BCUT2D eigenvalue weighted by Gasteiger charge is 2.67. The molecule has 2 fully saturated rings. The highest BCUT2D eigenvalue weighted by molar-refractivity contribution is 5.17. The van der Waals surface area contributed by atoms with Crippen molar-refractivity contribution in [2.75, 3.05) is 6.54 Å². The van der Waals surface area contributed by atoms with Crippen LogP contribution >= 0.6 is 0 Å². The van der Waals surface area contributed by atoms with E-state index in [1.165, 1.54) is 6.42 Å². The molecule has 0 unspecified atom stereocenters. The summed E-state index contributed by atoms with van der Waals surface area (Å²) in [4.78, 5) is 0. The molecule has 13 heavy (non-hydrogen) atoms. The quantitative estimate of drug-likeness (QED) is 0.647. The summed E-state index contributed by atoms with van der Waals surface area (Å²) in [5.41, 5.74) is 5.33. The Balaban J connectivity index is 2.44. The topological polar surface area (TPSA) is 46.2 Å². The second kappa shape index (κ2) is 2.29. The average Bonchev–Trinajstić information content (AvgIpc) is 2.52. The Hall–Kier alpha value is -0.0800. The summed E-state index contributed by atoms with van der Waals surface area (Å²) >= 11 is 0. The maximum absolute atomic E-state index is 10.6. The van der Waals surface area contributed by atoms with E-state index < -0.39 is 5.60 Å². The summed E-state index contributed by atoms with van der Waals surface area (Å²) in [5.74, 6) is 0.672. The minimum atomic E-state index is -0.572. The molecular weight excluding hydrogens is 162 g/mol. The molecule has 2 bridgehead atoms. The predicted octanol–water partition coefficient (Wildman–Crippen LogP) is 1.52. The second-order valence-corrected chi connectivity index (χ2v) is 5.72. The number of rotatable bonds is 1. The fraction of sp³-hybridized carbons (Fsp3) is 1.00. The summed E-state index contributed by atoms with van der Waals surface area (Å²) in [7, 11) is 0. The van der Waals surface area contributed by atoms with E-state index in [0.29, 0.717) is 12.5 Å². The van der Waals surface area contributed by atoms with Gasteiger partial charge in [0.2, 0.25) is 0 Å². The zero-order chi connectivity index (χ0) is 9.91. The summed E-state index contributed by atoms with van der Waals surface area (Å²) in [6.45, 7) is 7.00. The van der Waals surface area contributed by atoms with Crippen LogP contribution in [-0.4, -0.2) is 17.3 Å². The maximum Gasteiger partial charge on any atom is 0.0741 e. The SMILES string of the molecule is CC1(C)[C@@H]2CC[C@@](CN)(C2)[C@@]1(C)O. The molecule has 0 heterocycles. The Morgan fingerprint density at radius 2 is 2.00 bits per heavy atom. The second-order valence-electron chi connectivity index (χ2n) is 5.72. The number of aliphatic hydroxyl groups is 1. The van der Waals surface area contributed by atoms with Gasteiger partial charge in [0.05, 0.1) is 5.60 Å². The lowest BCUT2D eigenvalue weighted by Crippen LogP contribution is -2.55. The number of nitrogens with two attached hydrogens (primary N) is 1. The van der Waals surface area contributed by atoms with Gasteiger partial charge in [0, 0.05) is 12.0 Å². The minimum Gasteiger partial charge on any atom is -0.389 e. The van der Waals surface area contributed by atoms with E-state index in [1.807, 2.05) is 6.92 Å². The zero-order valence-corrected chi connectivity index (χ0v) is 8.93. The van der Waals surface area contributed by atoms with Gasteiger partial charge in [-0.1, -0.05) is 13.8 Å². The third-order valence-corrected chi connectivity index (χ3v) is 5.31. The molecule has 3 N–H and O–H groups in total. The van der Waals surface area contributed by atoms with Crippen LogP contribution in [0.3, 0.4) is 0 Å². The summed E-state index contributed by atoms with van der Waals surface area (Å²) in [5, 5.41) is 10.6. The standard InChI is InChI=1S/C11H21NO/c1-9(2)8-4-5-11(6-8,7-12)10(9,3)13/h8,13H,4-7,12H2,1-3H3/t8-,10+,11+/m1/s1. The van der Waals surface area contributed by atoms with Crippen molar-refractivity contribution in [2.24, 2.45) is 22.5 Å². The fourth-order valence-electron chi connectivity index (χ4n) is 3.65. The van der Waals surface area contributed by atoms with Gasteiger partial charge in [-0.25, -0.2) is 0 Å². The van der Waals surface area contributed by atoms with Crippen molar-refractivity contribution >= 4 is 0 Å². The highest BCUT2D eigenvalue weighted by Crippen LogP contribution is 2.67. The third-order valence-electron chi connectivity index (χ3n) is 5.31. The Labute approximate surface area is 80.5 Å². The molecule has 0 saturated heterocycles. The lowest BCUT2D eigenvalue weighted by Gasteiger charge is -2.49. The van der Waals surface area contributed by atoms with Gasteiger partial charge in [-0.3, -0.25) is 0 Å². The van der Waals surface area contributed by atoms with Crippen molar-refractivity contribution in [2.45, 2.75) is 45.6 Å². The van der Waals surface area contributed by atoms with Crippen molar-refractivity contribution in [1.82, 2.24) is 0 Å². The van der Waals surface area contributed by atoms with E-state index in [4.69, 9.17) is 5.73 Å². The summed E-state index contributed by atoms with van der Waals surface area (Å²) < 4.78 is 0. The van der Waals surface area contributed by atoms with Gasteiger partial charge in [-0.15, -0.1) is 0 Å². The maximum atomic E-state index is 10.6. The summed E-state index contributed by atoms with van der Waals surface area (Å²) in [6, 6.07) is 0. The first-order valence-electron chi connectivity index (χ1n) is 5.30. The molecule has 0 aromatic rings. The summed E-state index contributed by atoms with van der Waals surface area (Å²) in [6.07, 6.45) is 3.49. The van der Waals surface area contributed by atoms with Gasteiger partial charge in [0.1, 0.15) is 0 Å². The zero-order valence-electron chi connectivity index (χ0n) is 8.93. The molecule has 2 heteroatoms. The molecule has 2 aliphatic carbocycles. The Morgan fingerprint density at radius 1 is 1.38 bits per heavy atom. The lowest BCUT2D eigenvalue weighted by atomic mass is 9.61. The first-order chi connectivity index (χ1) is 5.87. The van der Waals surface area contributed by atoms with Crippen LogP contribution in [-0.2, 0) is 0 Å². The third kappa shape index (κ3) is 0.816. The van der Waals surface area contributed by atoms with Gasteiger partial charge in [-0.2, -0.15) is 0 Å². The molecule has 0 spiro atoms. The molecule has 3 atom stereocenters. The van der Waals surface area contributed by atoms with Crippen LogP contribution < -0.4 is 5.73 Å². The molecule has 2 rings (SSSR count). The van der Waals surface area contributed by atoms with Crippen molar-refractivity contribution in [3.05, 3.63) is 0 Å². The van der Waals surface area contributed by atoms with Crippen LogP contribution in [0.25, 0.3) is 0 Å². The van der Waals surface area contributed by atoms with E-state index >= 15 is 0 Å². The van der Waals surface area contributed by atoms with Crippen molar-refractivity contribution < 1.29 is 5.11 Å². The van der Waals surface area contributed by atoms with Crippen molar-refractivity contribution in [3.8, 4) is 0 Å². The van der Waals surface area contributed by atoms with Gasteiger partial charge >= 0.3 is 0 Å². The van der Waals surface area contributed by atoms with Crippen LogP contribution in [0.2, 0.25) is 0 Å². The van der Waals surface area contributed by atoms with E-state index in [0.717, 1.165) is 12.8 Å². The average molecular weight is 183 g/mol. The first-order valence-corrected chi connectivity index (χ1v) is 5.30. The largest absolute Gasteiger partial charge is 0.389 e. The molecule has 2 nitrogen and oxygen atoms in total. The van der Waals surface area contributed by atoms with Crippen LogP contribution in [0.5, 0.6) is 0 Å². The molecule has 2 aliphatic rings. The van der Waals surface area contributed by atoms with Crippen LogP contribution in [0.4, 0.5) is 0 Å². The monoisotopic (exact) mass is 183 g/mol. The number of hydrogen-bond donors (Lipinski definition) is 2. The van der Waals surface area contributed by atoms with Crippen molar-refractivity contribution in [3.63, 3.8) is 0 Å². The first kappa shape index (κ1) is 9.47. The normalized spacial score (nSPS) is 52.8. The fourth-order valence-corrected chi connectivity index (χ4v) is 3.65. The van der Waals surface area contributed by atoms with Gasteiger partial charge in [-0.05, 0) is 37.5 Å². The van der Waals surface area contributed by atoms with E-state index in [-0.39, 0.29) is 10.8 Å². The molecule has 0 radical (unpaired) electrons. The van der Waals surface area contributed by atoms with Gasteiger partial charge < -0.3 is 10.8 Å². The van der Waals surface area contributed by atoms with E-state index in [1.54, 1.807) is 0 Å². The molecular formula is C11H21NO. The van der Waals surface area contributed by atoms with Gasteiger partial charge in [0.15, 0.2) is 0 Å². The smallest absolute Gasteiger partial charge is 0.0741 e. The Morgan fingerprint density at radius 3 is 2.31 bits per heavy atom.